The summed E-state index contributed by atoms with van der Waals surface area (Å²) in [5.74, 6) is 0.105. The SMILES string of the molecule is CN1CCC(N(C)CCN(C)C(=O)c2sccc2Br)CC1. The van der Waals surface area contributed by atoms with Crippen LogP contribution < -0.4 is 0 Å². The molecule has 0 atom stereocenters. The molecule has 1 saturated heterocycles. The lowest BCUT2D eigenvalue weighted by Gasteiger charge is -2.35. The summed E-state index contributed by atoms with van der Waals surface area (Å²) in [6.45, 7) is 4.05. The van der Waals surface area contributed by atoms with Crippen molar-refractivity contribution in [3.63, 3.8) is 0 Å². The Balaban J connectivity index is 1.79. The topological polar surface area (TPSA) is 26.8 Å². The standard InChI is InChI=1S/C15H24BrN3OS/c1-17-7-4-12(5-8-17)18(2)9-10-19(3)15(20)14-13(16)6-11-21-14/h6,11-12H,4-5,7-10H2,1-3H3. The van der Waals surface area contributed by atoms with E-state index < -0.39 is 0 Å². The normalized spacial score (nSPS) is 17.4. The third-order valence-electron chi connectivity index (χ3n) is 4.26. The van der Waals surface area contributed by atoms with Crippen LogP contribution in [0.2, 0.25) is 0 Å². The Kier molecular flexibility index (Phi) is 6.22. The third kappa shape index (κ3) is 4.52. The van der Waals surface area contributed by atoms with Crippen molar-refractivity contribution in [2.24, 2.45) is 0 Å². The highest BCUT2D eigenvalue weighted by atomic mass is 79.9. The van der Waals surface area contributed by atoms with Gasteiger partial charge < -0.3 is 14.7 Å². The first-order chi connectivity index (χ1) is 9.99. The lowest BCUT2D eigenvalue weighted by molar-refractivity contribution is 0.0762. The Hall–Kier alpha value is -0.430. The van der Waals surface area contributed by atoms with Gasteiger partial charge in [0.1, 0.15) is 4.88 Å². The van der Waals surface area contributed by atoms with E-state index in [-0.39, 0.29) is 5.91 Å². The summed E-state index contributed by atoms with van der Waals surface area (Å²) in [4.78, 5) is 19.7. The number of rotatable bonds is 5. The molecule has 0 spiro atoms. The van der Waals surface area contributed by atoms with Crippen LogP contribution in [0.5, 0.6) is 0 Å². The van der Waals surface area contributed by atoms with E-state index in [4.69, 9.17) is 0 Å². The molecule has 2 rings (SSSR count). The first-order valence-electron chi connectivity index (χ1n) is 7.36. The van der Waals surface area contributed by atoms with Gasteiger partial charge in [-0.25, -0.2) is 0 Å². The molecule has 0 radical (unpaired) electrons. The van der Waals surface area contributed by atoms with Crippen LogP contribution in [0.1, 0.15) is 22.5 Å². The molecule has 6 heteroatoms. The van der Waals surface area contributed by atoms with Crippen LogP contribution >= 0.6 is 27.3 Å². The number of carbonyl (C=O) groups excluding carboxylic acids is 1. The van der Waals surface area contributed by atoms with E-state index in [0.717, 1.165) is 22.4 Å². The van der Waals surface area contributed by atoms with E-state index in [2.05, 4.69) is 39.8 Å². The quantitative estimate of drug-likeness (QED) is 0.793. The second kappa shape index (κ2) is 7.72. The van der Waals surface area contributed by atoms with Crippen molar-refractivity contribution in [1.82, 2.24) is 14.7 Å². The van der Waals surface area contributed by atoms with Crippen molar-refractivity contribution < 1.29 is 4.79 Å². The molecule has 0 bridgehead atoms. The number of carbonyl (C=O) groups is 1. The molecule has 0 N–H and O–H groups in total. The molecule has 0 saturated carbocycles. The lowest BCUT2D eigenvalue weighted by atomic mass is 10.0. The zero-order valence-electron chi connectivity index (χ0n) is 13.0. The van der Waals surface area contributed by atoms with Crippen molar-refractivity contribution in [2.45, 2.75) is 18.9 Å². The molecule has 118 valence electrons. The van der Waals surface area contributed by atoms with Gasteiger partial charge in [-0.3, -0.25) is 4.79 Å². The molecule has 4 nitrogen and oxygen atoms in total. The number of hydrogen-bond donors (Lipinski definition) is 0. The molecule has 1 fully saturated rings. The highest BCUT2D eigenvalue weighted by Crippen LogP contribution is 2.23. The van der Waals surface area contributed by atoms with E-state index in [1.54, 1.807) is 0 Å². The average Bonchev–Trinajstić information content (AvgIpc) is 2.90. The first kappa shape index (κ1) is 16.9. The summed E-state index contributed by atoms with van der Waals surface area (Å²) in [5.41, 5.74) is 0. The summed E-state index contributed by atoms with van der Waals surface area (Å²) in [5, 5.41) is 1.94. The van der Waals surface area contributed by atoms with Gasteiger partial charge in [-0.1, -0.05) is 0 Å². The first-order valence-corrected chi connectivity index (χ1v) is 9.03. The summed E-state index contributed by atoms with van der Waals surface area (Å²) < 4.78 is 0.896. The number of likely N-dealkylation sites (tertiary alicyclic amines) is 1. The summed E-state index contributed by atoms with van der Waals surface area (Å²) in [7, 11) is 6.24. The van der Waals surface area contributed by atoms with Crippen LogP contribution in [0.3, 0.4) is 0 Å². The van der Waals surface area contributed by atoms with Gasteiger partial charge in [0.05, 0.1) is 0 Å². The van der Waals surface area contributed by atoms with Gasteiger partial charge in [-0.2, -0.15) is 0 Å². The van der Waals surface area contributed by atoms with Crippen LogP contribution in [0, 0.1) is 0 Å². The monoisotopic (exact) mass is 373 g/mol. The summed E-state index contributed by atoms with van der Waals surface area (Å²) in [6, 6.07) is 2.58. The fourth-order valence-corrected chi connectivity index (χ4v) is 4.18. The highest BCUT2D eigenvalue weighted by molar-refractivity contribution is 9.10. The van der Waals surface area contributed by atoms with Crippen molar-refractivity contribution in [3.8, 4) is 0 Å². The molecule has 2 heterocycles. The molecular weight excluding hydrogens is 350 g/mol. The highest BCUT2D eigenvalue weighted by Gasteiger charge is 2.22. The van der Waals surface area contributed by atoms with E-state index in [1.165, 1.54) is 37.3 Å². The fourth-order valence-electron chi connectivity index (χ4n) is 2.65. The van der Waals surface area contributed by atoms with Crippen LogP contribution in [-0.4, -0.2) is 74.0 Å². The van der Waals surface area contributed by atoms with Crippen molar-refractivity contribution in [1.29, 1.82) is 0 Å². The molecule has 0 aromatic carbocycles. The summed E-state index contributed by atoms with van der Waals surface area (Å²) >= 11 is 4.92. The second-order valence-corrected chi connectivity index (χ2v) is 7.61. The Morgan fingerprint density at radius 1 is 1.38 bits per heavy atom. The van der Waals surface area contributed by atoms with Gasteiger partial charge >= 0.3 is 0 Å². The molecule has 1 aromatic rings. The molecule has 21 heavy (non-hydrogen) atoms. The van der Waals surface area contributed by atoms with Crippen molar-refractivity contribution in [3.05, 3.63) is 20.8 Å². The van der Waals surface area contributed by atoms with E-state index >= 15 is 0 Å². The van der Waals surface area contributed by atoms with Crippen molar-refractivity contribution in [2.75, 3.05) is 47.3 Å². The Morgan fingerprint density at radius 2 is 2.05 bits per heavy atom. The summed E-state index contributed by atoms with van der Waals surface area (Å²) in [6.07, 6.45) is 2.45. The maximum absolute atomic E-state index is 12.3. The van der Waals surface area contributed by atoms with Gasteiger partial charge in [-0.15, -0.1) is 11.3 Å². The number of hydrogen-bond acceptors (Lipinski definition) is 4. The van der Waals surface area contributed by atoms with Gasteiger partial charge in [0, 0.05) is 30.7 Å². The Morgan fingerprint density at radius 3 is 2.62 bits per heavy atom. The van der Waals surface area contributed by atoms with E-state index in [9.17, 15) is 4.79 Å². The predicted octanol–water partition coefficient (Wildman–Crippen LogP) is 2.61. The largest absolute Gasteiger partial charge is 0.340 e. The maximum atomic E-state index is 12.3. The number of amides is 1. The van der Waals surface area contributed by atoms with Gasteiger partial charge in [0.2, 0.25) is 0 Å². The molecule has 1 amide bonds. The van der Waals surface area contributed by atoms with Crippen molar-refractivity contribution >= 4 is 33.2 Å². The minimum Gasteiger partial charge on any atom is -0.340 e. The number of halogens is 1. The van der Waals surface area contributed by atoms with Crippen LogP contribution in [0.25, 0.3) is 0 Å². The van der Waals surface area contributed by atoms with Gasteiger partial charge in [-0.05, 0) is 67.4 Å². The van der Waals surface area contributed by atoms with Gasteiger partial charge in [0.15, 0.2) is 0 Å². The smallest absolute Gasteiger partial charge is 0.264 e. The third-order valence-corrected chi connectivity index (χ3v) is 6.08. The zero-order valence-corrected chi connectivity index (χ0v) is 15.4. The molecule has 1 aliphatic rings. The van der Waals surface area contributed by atoms with E-state index in [1.807, 2.05) is 23.4 Å². The van der Waals surface area contributed by atoms with Gasteiger partial charge in [0.25, 0.3) is 5.91 Å². The Bertz CT molecular complexity index is 471. The molecule has 1 aromatic heterocycles. The minimum atomic E-state index is 0.105. The number of nitrogens with zero attached hydrogens (tertiary/aromatic N) is 3. The molecule has 0 unspecified atom stereocenters. The number of thiophene rings is 1. The van der Waals surface area contributed by atoms with Crippen LogP contribution in [0.15, 0.2) is 15.9 Å². The molecular formula is C15H24BrN3OS. The lowest BCUT2D eigenvalue weighted by Crippen LogP contribution is -2.44. The average molecular weight is 374 g/mol. The fraction of sp³-hybridized carbons (Fsp3) is 0.667. The zero-order chi connectivity index (χ0) is 15.4. The van der Waals surface area contributed by atoms with E-state index in [0.29, 0.717) is 6.04 Å². The Labute approximate surface area is 139 Å². The number of likely N-dealkylation sites (N-methyl/N-ethyl adjacent to an activating group) is 2. The molecule has 0 aliphatic carbocycles. The number of piperidine rings is 1. The van der Waals surface area contributed by atoms with Crippen LogP contribution in [-0.2, 0) is 0 Å². The maximum Gasteiger partial charge on any atom is 0.264 e. The molecule has 1 aliphatic heterocycles. The second-order valence-electron chi connectivity index (χ2n) is 5.84. The predicted molar refractivity (Wildman–Crippen MR) is 92.1 cm³/mol. The van der Waals surface area contributed by atoms with Crippen LogP contribution in [0.4, 0.5) is 0 Å². The minimum absolute atomic E-state index is 0.105.